The number of anilines is 1. The second-order valence-corrected chi connectivity index (χ2v) is 5.96. The lowest BCUT2D eigenvalue weighted by Crippen LogP contribution is -2.08. The lowest BCUT2D eigenvalue weighted by molar-refractivity contribution is 0.685. The van der Waals surface area contributed by atoms with Gasteiger partial charge in [-0.05, 0) is 31.0 Å². The molecule has 2 aromatic rings. The fraction of sp³-hybridized carbons (Fsp3) is 0.357. The van der Waals surface area contributed by atoms with Crippen LogP contribution in [0.5, 0.6) is 0 Å². The first-order valence-electron chi connectivity index (χ1n) is 6.07. The normalized spacial score (nSPS) is 12.6. The van der Waals surface area contributed by atoms with Crippen LogP contribution < -0.4 is 5.32 Å². The topological polar surface area (TPSA) is 42.0 Å². The van der Waals surface area contributed by atoms with Gasteiger partial charge in [-0.3, -0.25) is 4.21 Å². The van der Waals surface area contributed by atoms with E-state index in [1.54, 1.807) is 6.26 Å². The third kappa shape index (κ3) is 3.29. The Morgan fingerprint density at radius 1 is 1.33 bits per heavy atom. The smallest absolute Gasteiger partial charge is 0.129 e. The lowest BCUT2D eigenvalue weighted by atomic mass is 10.1. The number of fused-ring (bicyclic) bond motifs is 1. The molecule has 1 aromatic carbocycles. The van der Waals surface area contributed by atoms with Crippen molar-refractivity contribution >= 4 is 27.5 Å². The maximum Gasteiger partial charge on any atom is 0.129 e. The molecule has 18 heavy (non-hydrogen) atoms. The van der Waals surface area contributed by atoms with Gasteiger partial charge in [-0.1, -0.05) is 18.2 Å². The Balaban J connectivity index is 2.08. The summed E-state index contributed by atoms with van der Waals surface area (Å²) in [6, 6.07) is 10.2. The van der Waals surface area contributed by atoms with Gasteiger partial charge in [0.2, 0.25) is 0 Å². The van der Waals surface area contributed by atoms with Gasteiger partial charge in [0.15, 0.2) is 0 Å². The summed E-state index contributed by atoms with van der Waals surface area (Å²) in [6.45, 7) is 2.87. The standard InChI is InChI=1S/C14H18N2OS/c1-11-10-12-6-3-4-7-13(12)16-14(11)15-8-5-9-18(2)17/h3-4,6-7,10H,5,8-9H2,1-2H3,(H,15,16). The molecule has 1 aromatic heterocycles. The highest BCUT2D eigenvalue weighted by Crippen LogP contribution is 2.19. The molecule has 0 bridgehead atoms. The van der Waals surface area contributed by atoms with Crippen LogP contribution in [0, 0.1) is 6.92 Å². The van der Waals surface area contributed by atoms with Gasteiger partial charge < -0.3 is 5.32 Å². The summed E-state index contributed by atoms with van der Waals surface area (Å²) in [5, 5.41) is 4.48. The zero-order chi connectivity index (χ0) is 13.0. The molecule has 0 saturated carbocycles. The molecule has 0 radical (unpaired) electrons. The first-order chi connectivity index (χ1) is 8.66. The van der Waals surface area contributed by atoms with Crippen molar-refractivity contribution in [1.29, 1.82) is 0 Å². The maximum atomic E-state index is 11.0. The van der Waals surface area contributed by atoms with Crippen LogP contribution in [0.4, 0.5) is 5.82 Å². The highest BCUT2D eigenvalue weighted by Gasteiger charge is 2.02. The Kier molecular flexibility index (Phi) is 4.31. The third-order valence-electron chi connectivity index (χ3n) is 2.82. The SMILES string of the molecule is Cc1cc2ccccc2nc1NCCCS(C)=O. The van der Waals surface area contributed by atoms with E-state index in [9.17, 15) is 4.21 Å². The zero-order valence-corrected chi connectivity index (χ0v) is 11.6. The predicted octanol–water partition coefficient (Wildman–Crippen LogP) is 2.72. The van der Waals surface area contributed by atoms with Crippen molar-refractivity contribution in [3.05, 3.63) is 35.9 Å². The van der Waals surface area contributed by atoms with Crippen LogP contribution in [-0.2, 0) is 10.8 Å². The Hall–Kier alpha value is -1.42. The fourth-order valence-electron chi connectivity index (χ4n) is 1.88. The van der Waals surface area contributed by atoms with Gasteiger partial charge in [0, 0.05) is 34.7 Å². The molecular weight excluding hydrogens is 244 g/mol. The molecule has 0 aliphatic carbocycles. The van der Waals surface area contributed by atoms with E-state index in [-0.39, 0.29) is 0 Å². The van der Waals surface area contributed by atoms with Gasteiger partial charge in [-0.25, -0.2) is 4.98 Å². The summed E-state index contributed by atoms with van der Waals surface area (Å²) >= 11 is 0. The largest absolute Gasteiger partial charge is 0.370 e. The fourth-order valence-corrected chi connectivity index (χ4v) is 2.43. The summed E-state index contributed by atoms with van der Waals surface area (Å²) in [7, 11) is -0.711. The molecule has 0 spiro atoms. The second-order valence-electron chi connectivity index (χ2n) is 4.40. The van der Waals surface area contributed by atoms with Gasteiger partial charge >= 0.3 is 0 Å². The van der Waals surface area contributed by atoms with Crippen molar-refractivity contribution in [1.82, 2.24) is 4.98 Å². The number of para-hydroxylation sites is 1. The van der Waals surface area contributed by atoms with E-state index < -0.39 is 10.8 Å². The molecule has 0 amide bonds. The second kappa shape index (κ2) is 5.96. The number of nitrogens with zero attached hydrogens (tertiary/aromatic N) is 1. The molecule has 0 fully saturated rings. The quantitative estimate of drug-likeness (QED) is 0.842. The Bertz CT molecular complexity index is 569. The minimum atomic E-state index is -0.711. The van der Waals surface area contributed by atoms with Crippen molar-refractivity contribution in [2.45, 2.75) is 13.3 Å². The van der Waals surface area contributed by atoms with Gasteiger partial charge in [-0.15, -0.1) is 0 Å². The summed E-state index contributed by atoms with van der Waals surface area (Å²) in [4.78, 5) is 4.60. The summed E-state index contributed by atoms with van der Waals surface area (Å²) in [5.41, 5.74) is 2.15. The van der Waals surface area contributed by atoms with Crippen LogP contribution in [0.15, 0.2) is 30.3 Å². The zero-order valence-electron chi connectivity index (χ0n) is 10.8. The van der Waals surface area contributed by atoms with Gasteiger partial charge in [0.1, 0.15) is 5.82 Å². The Morgan fingerprint density at radius 3 is 2.89 bits per heavy atom. The average Bonchev–Trinajstić information content (AvgIpc) is 2.34. The molecule has 2 rings (SSSR count). The van der Waals surface area contributed by atoms with E-state index in [2.05, 4.69) is 29.4 Å². The molecule has 1 heterocycles. The minimum Gasteiger partial charge on any atom is -0.370 e. The first-order valence-corrected chi connectivity index (χ1v) is 7.80. The maximum absolute atomic E-state index is 11.0. The van der Waals surface area contributed by atoms with E-state index in [1.165, 1.54) is 0 Å². The number of aryl methyl sites for hydroxylation is 1. The van der Waals surface area contributed by atoms with Crippen molar-refractivity contribution < 1.29 is 4.21 Å². The number of hydrogen-bond acceptors (Lipinski definition) is 3. The molecule has 0 saturated heterocycles. The molecule has 4 heteroatoms. The van der Waals surface area contributed by atoms with E-state index >= 15 is 0 Å². The predicted molar refractivity (Wildman–Crippen MR) is 78.5 cm³/mol. The van der Waals surface area contributed by atoms with Crippen molar-refractivity contribution in [2.24, 2.45) is 0 Å². The van der Waals surface area contributed by atoms with E-state index in [0.29, 0.717) is 0 Å². The van der Waals surface area contributed by atoms with Crippen LogP contribution in [-0.4, -0.2) is 27.7 Å². The molecule has 3 nitrogen and oxygen atoms in total. The molecule has 96 valence electrons. The van der Waals surface area contributed by atoms with Gasteiger partial charge in [-0.2, -0.15) is 0 Å². The Morgan fingerprint density at radius 2 is 2.11 bits per heavy atom. The molecule has 0 aliphatic rings. The number of benzene rings is 1. The monoisotopic (exact) mass is 262 g/mol. The molecule has 0 aliphatic heterocycles. The summed E-state index contributed by atoms with van der Waals surface area (Å²) in [6.07, 6.45) is 2.64. The number of hydrogen-bond donors (Lipinski definition) is 1. The summed E-state index contributed by atoms with van der Waals surface area (Å²) < 4.78 is 11.0. The van der Waals surface area contributed by atoms with Crippen LogP contribution in [0.25, 0.3) is 10.9 Å². The third-order valence-corrected chi connectivity index (χ3v) is 3.68. The number of nitrogens with one attached hydrogen (secondary N) is 1. The van der Waals surface area contributed by atoms with Crippen molar-refractivity contribution in [3.63, 3.8) is 0 Å². The average molecular weight is 262 g/mol. The first kappa shape index (κ1) is 13.0. The Labute approximate surface area is 110 Å². The number of aromatic nitrogens is 1. The van der Waals surface area contributed by atoms with Crippen LogP contribution in [0.3, 0.4) is 0 Å². The number of rotatable bonds is 5. The molecule has 1 atom stereocenters. The summed E-state index contributed by atoms with van der Waals surface area (Å²) in [5.74, 6) is 1.66. The lowest BCUT2D eigenvalue weighted by Gasteiger charge is -2.09. The highest BCUT2D eigenvalue weighted by molar-refractivity contribution is 7.84. The highest BCUT2D eigenvalue weighted by atomic mass is 32.2. The van der Waals surface area contributed by atoms with Gasteiger partial charge in [0.25, 0.3) is 0 Å². The minimum absolute atomic E-state index is 0.711. The molecule has 1 unspecified atom stereocenters. The molecule has 1 N–H and O–H groups in total. The molecular formula is C14H18N2OS. The van der Waals surface area contributed by atoms with Crippen molar-refractivity contribution in [3.8, 4) is 0 Å². The van der Waals surface area contributed by atoms with E-state index in [4.69, 9.17) is 0 Å². The van der Waals surface area contributed by atoms with Crippen molar-refractivity contribution in [2.75, 3.05) is 23.9 Å². The van der Waals surface area contributed by atoms with Crippen LogP contribution in [0.2, 0.25) is 0 Å². The van der Waals surface area contributed by atoms with Crippen LogP contribution >= 0.6 is 0 Å². The van der Waals surface area contributed by atoms with E-state index in [0.717, 1.165) is 41.0 Å². The van der Waals surface area contributed by atoms with Crippen LogP contribution in [0.1, 0.15) is 12.0 Å². The van der Waals surface area contributed by atoms with Gasteiger partial charge in [0.05, 0.1) is 5.52 Å². The van der Waals surface area contributed by atoms with E-state index in [1.807, 2.05) is 18.2 Å². The number of pyridine rings is 1.